The van der Waals surface area contributed by atoms with Gasteiger partial charge in [0.25, 0.3) is 0 Å². The number of carbonyl (C=O) groups is 1. The van der Waals surface area contributed by atoms with E-state index in [0.29, 0.717) is 6.42 Å². The fourth-order valence-electron chi connectivity index (χ4n) is 1.98. The number of aromatic nitrogens is 2. The maximum atomic E-state index is 11.9. The number of rotatable bonds is 3. The summed E-state index contributed by atoms with van der Waals surface area (Å²) in [6, 6.07) is 13.4. The minimum absolute atomic E-state index is 0.0225. The highest BCUT2D eigenvalue weighted by molar-refractivity contribution is 5.92. The zero-order valence-electron chi connectivity index (χ0n) is 10.3. The van der Waals surface area contributed by atoms with E-state index in [-0.39, 0.29) is 5.91 Å². The number of nitrogens with zero attached hydrogens (tertiary/aromatic N) is 2. The first-order valence-corrected chi connectivity index (χ1v) is 6.08. The molecule has 0 fully saturated rings. The van der Waals surface area contributed by atoms with Crippen molar-refractivity contribution in [3.63, 3.8) is 0 Å². The van der Waals surface area contributed by atoms with Crippen LogP contribution in [0, 0.1) is 0 Å². The Morgan fingerprint density at radius 2 is 2.00 bits per heavy atom. The largest absolute Gasteiger partial charge is 0.324 e. The average Bonchev–Trinajstić information content (AvgIpc) is 2.87. The third kappa shape index (κ3) is 2.63. The number of anilines is 1. The molecule has 2 aromatic heterocycles. The summed E-state index contributed by atoms with van der Waals surface area (Å²) >= 11 is 0. The van der Waals surface area contributed by atoms with E-state index in [0.717, 1.165) is 16.9 Å². The standard InChI is InChI=1S/C15H13N3O/c19-15(10-12-4-2-1-3-5-12)17-13-6-7-14-16-8-9-18(14)11-13/h1-9,11H,10H2,(H,17,19). The average molecular weight is 251 g/mol. The molecule has 0 saturated carbocycles. The minimum atomic E-state index is -0.0225. The summed E-state index contributed by atoms with van der Waals surface area (Å²) in [5, 5.41) is 2.88. The van der Waals surface area contributed by atoms with Crippen molar-refractivity contribution in [2.24, 2.45) is 0 Å². The van der Waals surface area contributed by atoms with E-state index in [4.69, 9.17) is 0 Å². The van der Waals surface area contributed by atoms with Crippen LogP contribution >= 0.6 is 0 Å². The molecule has 4 nitrogen and oxygen atoms in total. The van der Waals surface area contributed by atoms with Crippen molar-refractivity contribution in [3.05, 3.63) is 66.6 Å². The molecule has 0 radical (unpaired) electrons. The van der Waals surface area contributed by atoms with E-state index in [9.17, 15) is 4.79 Å². The Bertz CT molecular complexity index is 703. The number of amides is 1. The van der Waals surface area contributed by atoms with E-state index in [1.807, 2.05) is 59.3 Å². The molecule has 1 aromatic carbocycles. The van der Waals surface area contributed by atoms with Crippen LogP contribution in [0.4, 0.5) is 5.69 Å². The van der Waals surface area contributed by atoms with Gasteiger partial charge in [-0.05, 0) is 17.7 Å². The van der Waals surface area contributed by atoms with E-state index >= 15 is 0 Å². The number of pyridine rings is 1. The van der Waals surface area contributed by atoms with Gasteiger partial charge in [-0.1, -0.05) is 30.3 Å². The smallest absolute Gasteiger partial charge is 0.228 e. The van der Waals surface area contributed by atoms with Crippen molar-refractivity contribution in [1.29, 1.82) is 0 Å². The van der Waals surface area contributed by atoms with Crippen LogP contribution in [0.5, 0.6) is 0 Å². The molecule has 2 heterocycles. The third-order valence-electron chi connectivity index (χ3n) is 2.88. The van der Waals surface area contributed by atoms with E-state index in [2.05, 4.69) is 10.3 Å². The molecule has 3 aromatic rings. The quantitative estimate of drug-likeness (QED) is 0.777. The Balaban J connectivity index is 1.72. The number of imidazole rings is 1. The molecule has 1 amide bonds. The van der Waals surface area contributed by atoms with Gasteiger partial charge in [-0.3, -0.25) is 4.79 Å². The van der Waals surface area contributed by atoms with Gasteiger partial charge >= 0.3 is 0 Å². The lowest BCUT2D eigenvalue weighted by molar-refractivity contribution is -0.115. The zero-order chi connectivity index (χ0) is 13.1. The van der Waals surface area contributed by atoms with Gasteiger partial charge in [-0.2, -0.15) is 0 Å². The molecule has 4 heteroatoms. The normalized spacial score (nSPS) is 10.5. The second-order valence-corrected chi connectivity index (χ2v) is 4.32. The maximum Gasteiger partial charge on any atom is 0.228 e. The number of hydrogen-bond acceptors (Lipinski definition) is 2. The van der Waals surface area contributed by atoms with Crippen LogP contribution in [0.3, 0.4) is 0 Å². The molecule has 94 valence electrons. The first-order valence-electron chi connectivity index (χ1n) is 6.08. The van der Waals surface area contributed by atoms with E-state index < -0.39 is 0 Å². The van der Waals surface area contributed by atoms with E-state index in [1.165, 1.54) is 0 Å². The highest BCUT2D eigenvalue weighted by Gasteiger charge is 2.04. The summed E-state index contributed by atoms with van der Waals surface area (Å²) in [5.41, 5.74) is 2.64. The molecule has 0 spiro atoms. The number of benzene rings is 1. The Hall–Kier alpha value is -2.62. The lowest BCUT2D eigenvalue weighted by atomic mass is 10.1. The highest BCUT2D eigenvalue weighted by Crippen LogP contribution is 2.10. The molecule has 19 heavy (non-hydrogen) atoms. The predicted octanol–water partition coefficient (Wildman–Crippen LogP) is 2.52. The van der Waals surface area contributed by atoms with Crippen molar-refractivity contribution in [2.75, 3.05) is 5.32 Å². The Morgan fingerprint density at radius 1 is 1.16 bits per heavy atom. The fourth-order valence-corrected chi connectivity index (χ4v) is 1.98. The second kappa shape index (κ2) is 4.94. The van der Waals surface area contributed by atoms with Crippen LogP contribution in [0.2, 0.25) is 0 Å². The topological polar surface area (TPSA) is 46.4 Å². The van der Waals surface area contributed by atoms with Crippen LogP contribution in [0.15, 0.2) is 61.1 Å². The Morgan fingerprint density at radius 3 is 2.84 bits per heavy atom. The second-order valence-electron chi connectivity index (χ2n) is 4.32. The molecule has 1 N–H and O–H groups in total. The van der Waals surface area contributed by atoms with Crippen LogP contribution < -0.4 is 5.32 Å². The number of fused-ring (bicyclic) bond motifs is 1. The van der Waals surface area contributed by atoms with Gasteiger partial charge in [0.05, 0.1) is 12.1 Å². The van der Waals surface area contributed by atoms with Gasteiger partial charge in [0.1, 0.15) is 5.65 Å². The number of carbonyl (C=O) groups excluding carboxylic acids is 1. The van der Waals surface area contributed by atoms with Crippen molar-refractivity contribution in [1.82, 2.24) is 9.38 Å². The van der Waals surface area contributed by atoms with Crippen molar-refractivity contribution < 1.29 is 4.79 Å². The molecule has 0 atom stereocenters. The van der Waals surface area contributed by atoms with Crippen LogP contribution in [-0.2, 0) is 11.2 Å². The zero-order valence-corrected chi connectivity index (χ0v) is 10.3. The lowest BCUT2D eigenvalue weighted by Crippen LogP contribution is -2.14. The van der Waals surface area contributed by atoms with E-state index in [1.54, 1.807) is 6.20 Å². The summed E-state index contributed by atoms with van der Waals surface area (Å²) in [4.78, 5) is 16.1. The lowest BCUT2D eigenvalue weighted by Gasteiger charge is -2.05. The van der Waals surface area contributed by atoms with Gasteiger partial charge in [0.2, 0.25) is 5.91 Å². The first-order chi connectivity index (χ1) is 9.31. The summed E-state index contributed by atoms with van der Waals surface area (Å²) in [6.07, 6.45) is 5.81. The maximum absolute atomic E-state index is 11.9. The first kappa shape index (κ1) is 11.5. The van der Waals surface area contributed by atoms with Crippen molar-refractivity contribution in [2.45, 2.75) is 6.42 Å². The molecular weight excluding hydrogens is 238 g/mol. The number of nitrogens with one attached hydrogen (secondary N) is 1. The SMILES string of the molecule is O=C(Cc1ccccc1)Nc1ccc2nccn2c1. The van der Waals surface area contributed by atoms with Gasteiger partial charge in [0, 0.05) is 18.6 Å². The van der Waals surface area contributed by atoms with Crippen LogP contribution in [-0.4, -0.2) is 15.3 Å². The molecule has 0 aliphatic heterocycles. The highest BCUT2D eigenvalue weighted by atomic mass is 16.1. The molecule has 0 saturated heterocycles. The summed E-state index contributed by atoms with van der Waals surface area (Å²) in [5.74, 6) is -0.0225. The fraction of sp³-hybridized carbons (Fsp3) is 0.0667. The Labute approximate surface area is 110 Å². The van der Waals surface area contributed by atoms with Crippen LogP contribution in [0.1, 0.15) is 5.56 Å². The summed E-state index contributed by atoms with van der Waals surface area (Å²) < 4.78 is 1.87. The molecule has 0 bridgehead atoms. The van der Waals surface area contributed by atoms with Gasteiger partial charge in [-0.15, -0.1) is 0 Å². The number of hydrogen-bond donors (Lipinski definition) is 1. The Kier molecular flexibility index (Phi) is 2.98. The molecule has 0 aliphatic carbocycles. The van der Waals surface area contributed by atoms with Crippen LogP contribution in [0.25, 0.3) is 5.65 Å². The predicted molar refractivity (Wildman–Crippen MR) is 74.0 cm³/mol. The molecule has 3 rings (SSSR count). The molecule has 0 aliphatic rings. The van der Waals surface area contributed by atoms with Crippen molar-refractivity contribution >= 4 is 17.2 Å². The minimum Gasteiger partial charge on any atom is -0.324 e. The van der Waals surface area contributed by atoms with Gasteiger partial charge < -0.3 is 9.72 Å². The van der Waals surface area contributed by atoms with Gasteiger partial charge in [-0.25, -0.2) is 4.98 Å². The third-order valence-corrected chi connectivity index (χ3v) is 2.88. The van der Waals surface area contributed by atoms with Gasteiger partial charge in [0.15, 0.2) is 0 Å². The molecular formula is C15H13N3O. The monoisotopic (exact) mass is 251 g/mol. The van der Waals surface area contributed by atoms with Crippen molar-refractivity contribution in [3.8, 4) is 0 Å². The summed E-state index contributed by atoms with van der Waals surface area (Å²) in [6.45, 7) is 0. The summed E-state index contributed by atoms with van der Waals surface area (Å²) in [7, 11) is 0. The molecule has 0 unspecified atom stereocenters.